The summed E-state index contributed by atoms with van der Waals surface area (Å²) >= 11 is 0. The molecular formula is C26H30N2O6. The Morgan fingerprint density at radius 1 is 1.12 bits per heavy atom. The van der Waals surface area contributed by atoms with E-state index in [9.17, 15) is 19.5 Å². The van der Waals surface area contributed by atoms with Gasteiger partial charge in [0.05, 0.1) is 13.0 Å². The lowest BCUT2D eigenvalue weighted by atomic mass is 9.98. The molecule has 0 aromatic heterocycles. The molecule has 0 saturated carbocycles. The van der Waals surface area contributed by atoms with Crippen LogP contribution in [0.1, 0.15) is 36.3 Å². The number of rotatable bonds is 8. The number of amides is 2. The van der Waals surface area contributed by atoms with Crippen LogP contribution in [0.3, 0.4) is 0 Å². The Hall–Kier alpha value is -3.39. The normalized spacial score (nSPS) is 17.9. The molecule has 8 nitrogen and oxygen atoms in total. The second-order valence-corrected chi connectivity index (χ2v) is 8.92. The van der Waals surface area contributed by atoms with Crippen molar-refractivity contribution in [1.82, 2.24) is 10.2 Å². The van der Waals surface area contributed by atoms with E-state index in [4.69, 9.17) is 9.47 Å². The lowest BCUT2D eigenvalue weighted by molar-refractivity contribution is -0.142. The van der Waals surface area contributed by atoms with E-state index < -0.39 is 30.4 Å². The summed E-state index contributed by atoms with van der Waals surface area (Å²) in [6, 6.07) is 14.8. The lowest BCUT2D eigenvalue weighted by Crippen LogP contribution is -2.50. The summed E-state index contributed by atoms with van der Waals surface area (Å²) in [5.74, 6) is -1.56. The van der Waals surface area contributed by atoms with Gasteiger partial charge in [0.1, 0.15) is 12.6 Å². The molecular weight excluding hydrogens is 436 g/mol. The van der Waals surface area contributed by atoms with Crippen molar-refractivity contribution < 1.29 is 29.0 Å². The number of carboxylic acid groups (broad SMARTS) is 1. The number of nitrogens with one attached hydrogen (secondary N) is 1. The van der Waals surface area contributed by atoms with Gasteiger partial charge in [-0.15, -0.1) is 0 Å². The number of ether oxygens (including phenoxy) is 2. The number of hydrogen-bond donors (Lipinski definition) is 2. The maximum atomic E-state index is 12.9. The fraction of sp³-hybridized carbons (Fsp3) is 0.423. The Balaban J connectivity index is 1.38. The minimum absolute atomic E-state index is 0.0864. The fourth-order valence-electron chi connectivity index (χ4n) is 4.85. The molecule has 2 amide bonds. The van der Waals surface area contributed by atoms with Crippen LogP contribution in [-0.4, -0.2) is 67.4 Å². The zero-order valence-corrected chi connectivity index (χ0v) is 19.2. The van der Waals surface area contributed by atoms with E-state index in [-0.39, 0.29) is 18.4 Å². The predicted octanol–water partition coefficient (Wildman–Crippen LogP) is 3.25. The molecule has 0 spiro atoms. The van der Waals surface area contributed by atoms with Crippen molar-refractivity contribution in [2.75, 3.05) is 33.4 Å². The number of carbonyl (C=O) groups is 3. The highest BCUT2D eigenvalue weighted by molar-refractivity contribution is 5.89. The largest absolute Gasteiger partial charge is 0.481 e. The van der Waals surface area contributed by atoms with Gasteiger partial charge in [-0.1, -0.05) is 48.5 Å². The minimum Gasteiger partial charge on any atom is -0.481 e. The summed E-state index contributed by atoms with van der Waals surface area (Å²) in [6.45, 7) is 1.82. The van der Waals surface area contributed by atoms with Crippen molar-refractivity contribution in [3.8, 4) is 11.1 Å². The van der Waals surface area contributed by atoms with E-state index in [1.54, 1.807) is 7.05 Å². The van der Waals surface area contributed by atoms with E-state index in [1.807, 2.05) is 48.5 Å². The van der Waals surface area contributed by atoms with Gasteiger partial charge in [-0.2, -0.15) is 0 Å². The zero-order chi connectivity index (χ0) is 24.1. The van der Waals surface area contributed by atoms with Gasteiger partial charge in [0.15, 0.2) is 0 Å². The highest BCUT2D eigenvalue weighted by Gasteiger charge is 2.31. The van der Waals surface area contributed by atoms with E-state index in [0.29, 0.717) is 13.2 Å². The summed E-state index contributed by atoms with van der Waals surface area (Å²) in [7, 11) is 1.62. The average molecular weight is 467 g/mol. The molecule has 2 aromatic rings. The summed E-state index contributed by atoms with van der Waals surface area (Å²) in [5.41, 5.74) is 4.37. The third-order valence-electron chi connectivity index (χ3n) is 6.48. The first-order valence-electron chi connectivity index (χ1n) is 11.6. The molecule has 34 heavy (non-hydrogen) atoms. The molecule has 0 radical (unpaired) electrons. The Labute approximate surface area is 198 Å². The SMILES string of the molecule is CN(CC1CCCOC1)C(=O)C(CC(=O)O)NC(=O)OCC1c2ccccc2-c2ccccc21. The average Bonchev–Trinajstić information content (AvgIpc) is 3.16. The zero-order valence-electron chi connectivity index (χ0n) is 19.2. The number of likely N-dealkylation sites (N-methyl/N-ethyl adjacent to an activating group) is 1. The van der Waals surface area contributed by atoms with Crippen molar-refractivity contribution in [2.45, 2.75) is 31.2 Å². The first kappa shape index (κ1) is 23.8. The van der Waals surface area contributed by atoms with Crippen molar-refractivity contribution in [1.29, 1.82) is 0 Å². The molecule has 2 aromatic carbocycles. The third-order valence-corrected chi connectivity index (χ3v) is 6.48. The minimum atomic E-state index is -1.21. The number of nitrogens with zero attached hydrogens (tertiary/aromatic N) is 1. The van der Waals surface area contributed by atoms with Gasteiger partial charge in [-0.3, -0.25) is 9.59 Å². The van der Waals surface area contributed by atoms with Gasteiger partial charge in [0.2, 0.25) is 5.91 Å². The van der Waals surface area contributed by atoms with E-state index in [0.717, 1.165) is 41.7 Å². The van der Waals surface area contributed by atoms with Crippen LogP contribution in [0.25, 0.3) is 11.1 Å². The molecule has 2 unspecified atom stereocenters. The maximum Gasteiger partial charge on any atom is 0.407 e. The first-order chi connectivity index (χ1) is 16.4. The molecule has 1 aliphatic carbocycles. The predicted molar refractivity (Wildman–Crippen MR) is 125 cm³/mol. The number of aliphatic carboxylic acids is 1. The van der Waals surface area contributed by atoms with Crippen molar-refractivity contribution in [3.63, 3.8) is 0 Å². The second kappa shape index (κ2) is 10.7. The first-order valence-corrected chi connectivity index (χ1v) is 11.6. The van der Waals surface area contributed by atoms with Crippen LogP contribution in [-0.2, 0) is 19.1 Å². The maximum absolute atomic E-state index is 12.9. The molecule has 2 aliphatic rings. The Kier molecular flexibility index (Phi) is 7.47. The van der Waals surface area contributed by atoms with Gasteiger partial charge < -0.3 is 24.8 Å². The number of carbonyl (C=O) groups excluding carboxylic acids is 2. The molecule has 1 fully saturated rings. The summed E-state index contributed by atoms with van der Waals surface area (Å²) in [5, 5.41) is 11.8. The summed E-state index contributed by atoms with van der Waals surface area (Å²) in [4.78, 5) is 38.4. The third kappa shape index (κ3) is 5.39. The molecule has 1 aliphatic heterocycles. The number of carboxylic acids is 1. The number of fused-ring (bicyclic) bond motifs is 3. The number of alkyl carbamates (subject to hydrolysis) is 1. The lowest BCUT2D eigenvalue weighted by Gasteiger charge is -2.29. The van der Waals surface area contributed by atoms with Crippen molar-refractivity contribution >= 4 is 18.0 Å². The van der Waals surface area contributed by atoms with Gasteiger partial charge >= 0.3 is 12.1 Å². The molecule has 4 rings (SSSR count). The van der Waals surface area contributed by atoms with Gasteiger partial charge in [0.25, 0.3) is 0 Å². The van der Waals surface area contributed by atoms with Gasteiger partial charge in [0, 0.05) is 26.1 Å². The van der Waals surface area contributed by atoms with Crippen LogP contribution in [0.2, 0.25) is 0 Å². The van der Waals surface area contributed by atoms with Crippen LogP contribution in [0.5, 0.6) is 0 Å². The molecule has 1 saturated heterocycles. The van der Waals surface area contributed by atoms with Crippen LogP contribution in [0.4, 0.5) is 4.79 Å². The fourth-order valence-corrected chi connectivity index (χ4v) is 4.85. The van der Waals surface area contributed by atoms with Crippen molar-refractivity contribution in [2.24, 2.45) is 5.92 Å². The highest BCUT2D eigenvalue weighted by atomic mass is 16.5. The highest BCUT2D eigenvalue weighted by Crippen LogP contribution is 2.44. The van der Waals surface area contributed by atoms with Gasteiger partial charge in [-0.05, 0) is 41.0 Å². The van der Waals surface area contributed by atoms with Crippen LogP contribution in [0.15, 0.2) is 48.5 Å². The standard InChI is InChI=1S/C26H30N2O6/c1-28(14-17-7-6-12-33-15-17)25(31)23(13-24(29)30)27-26(32)34-16-22-20-10-4-2-8-18(20)19-9-3-5-11-21(19)22/h2-5,8-11,17,22-23H,6-7,12-16H2,1H3,(H,27,32)(H,29,30). The van der Waals surface area contributed by atoms with Crippen LogP contribution < -0.4 is 5.32 Å². The molecule has 1 heterocycles. The topological polar surface area (TPSA) is 105 Å². The monoisotopic (exact) mass is 466 g/mol. The Morgan fingerprint density at radius 2 is 1.76 bits per heavy atom. The van der Waals surface area contributed by atoms with E-state index >= 15 is 0 Å². The summed E-state index contributed by atoms with van der Waals surface area (Å²) < 4.78 is 11.0. The van der Waals surface area contributed by atoms with E-state index in [1.165, 1.54) is 4.90 Å². The van der Waals surface area contributed by atoms with Crippen LogP contribution in [0, 0.1) is 5.92 Å². The Morgan fingerprint density at radius 3 is 2.35 bits per heavy atom. The molecule has 8 heteroatoms. The number of hydrogen-bond acceptors (Lipinski definition) is 5. The second-order valence-electron chi connectivity index (χ2n) is 8.92. The van der Waals surface area contributed by atoms with E-state index in [2.05, 4.69) is 5.32 Å². The molecule has 0 bridgehead atoms. The van der Waals surface area contributed by atoms with Crippen molar-refractivity contribution in [3.05, 3.63) is 59.7 Å². The number of benzene rings is 2. The quantitative estimate of drug-likeness (QED) is 0.619. The summed E-state index contributed by atoms with van der Waals surface area (Å²) in [6.07, 6.45) is 0.551. The molecule has 180 valence electrons. The smallest absolute Gasteiger partial charge is 0.407 e. The Bertz CT molecular complexity index is 1000. The molecule has 2 N–H and O–H groups in total. The van der Waals surface area contributed by atoms with Crippen LogP contribution >= 0.6 is 0 Å². The molecule has 2 atom stereocenters. The van der Waals surface area contributed by atoms with Gasteiger partial charge in [-0.25, -0.2) is 4.79 Å².